The fourth-order valence-corrected chi connectivity index (χ4v) is 9.90. The molecule has 0 aliphatic carbocycles. The van der Waals surface area contributed by atoms with E-state index >= 15 is 0 Å². The van der Waals surface area contributed by atoms with Crippen LogP contribution in [-0.4, -0.2) is 16.2 Å². The summed E-state index contributed by atoms with van der Waals surface area (Å²) >= 11 is 0. The molecule has 0 N–H and O–H groups in total. The van der Waals surface area contributed by atoms with Crippen molar-refractivity contribution in [2.45, 2.75) is 59.3 Å². The highest BCUT2D eigenvalue weighted by atomic mass is 15.4. The number of anilines is 4. The molecule has 0 radical (unpaired) electrons. The Balaban J connectivity index is 1.14. The summed E-state index contributed by atoms with van der Waals surface area (Å²) in [6.45, 7) is 16.8. The van der Waals surface area contributed by atoms with E-state index in [9.17, 15) is 0 Å². The lowest BCUT2D eigenvalue weighted by Crippen LogP contribution is -2.25. The maximum absolute atomic E-state index is 5.06. The van der Waals surface area contributed by atoms with E-state index < -0.39 is 0 Å². The first-order chi connectivity index (χ1) is 29.5. The number of pyridine rings is 1. The average Bonchev–Trinajstić information content (AvgIpc) is 3.83. The first-order valence-electron chi connectivity index (χ1n) is 21.5. The number of aromatic nitrogens is 2. The number of aryl methyl sites for hydroxylation is 3. The third kappa shape index (κ3) is 6.49. The molecule has 4 heteroatoms. The molecule has 7 aromatic carbocycles. The Labute approximate surface area is 360 Å². The maximum atomic E-state index is 5.06. The van der Waals surface area contributed by atoms with Crippen LogP contribution >= 0.6 is 0 Å². The van der Waals surface area contributed by atoms with E-state index in [0.717, 1.165) is 23.5 Å². The van der Waals surface area contributed by atoms with Crippen LogP contribution in [0.3, 0.4) is 0 Å². The van der Waals surface area contributed by atoms with Gasteiger partial charge in [-0.3, -0.25) is 4.57 Å². The lowest BCUT2D eigenvalue weighted by Gasteiger charge is -2.30. The second-order valence-corrected chi connectivity index (χ2v) is 18.0. The minimum absolute atomic E-state index is 0.199. The summed E-state index contributed by atoms with van der Waals surface area (Å²) in [5.74, 6) is 0.924. The van der Waals surface area contributed by atoms with Gasteiger partial charge in [-0.2, -0.15) is 0 Å². The van der Waals surface area contributed by atoms with Gasteiger partial charge < -0.3 is 9.80 Å². The Morgan fingerprint density at radius 1 is 0.459 bits per heavy atom. The smallest absolute Gasteiger partial charge is 0.137 e. The van der Waals surface area contributed by atoms with Crippen molar-refractivity contribution in [3.8, 4) is 16.9 Å². The summed E-state index contributed by atoms with van der Waals surface area (Å²) in [6, 6.07) is 62.5. The van der Waals surface area contributed by atoms with E-state index in [0.29, 0.717) is 0 Å². The average molecular weight is 793 g/mol. The van der Waals surface area contributed by atoms with Crippen molar-refractivity contribution in [1.82, 2.24) is 9.55 Å². The Morgan fingerprint density at radius 3 is 1.77 bits per heavy atom. The van der Waals surface area contributed by atoms with Crippen LogP contribution in [0, 0.1) is 20.8 Å². The second kappa shape index (κ2) is 14.7. The number of nitrogens with zero attached hydrogens (tertiary/aromatic N) is 4. The summed E-state index contributed by atoms with van der Waals surface area (Å²) in [5, 5.41) is 2.45. The minimum Gasteiger partial charge on any atom is -0.321 e. The molecule has 2 aromatic heterocycles. The molecule has 0 bridgehead atoms. The van der Waals surface area contributed by atoms with Gasteiger partial charge >= 0.3 is 0 Å². The topological polar surface area (TPSA) is 24.3 Å². The highest BCUT2D eigenvalue weighted by molar-refractivity contribution is 6.09. The third-order valence-corrected chi connectivity index (χ3v) is 13.3. The molecule has 0 amide bonds. The first-order valence-corrected chi connectivity index (χ1v) is 21.5. The van der Waals surface area contributed by atoms with Gasteiger partial charge in [0.2, 0.25) is 0 Å². The summed E-state index contributed by atoms with van der Waals surface area (Å²) < 4.78 is 2.37. The summed E-state index contributed by atoms with van der Waals surface area (Å²) in [5.41, 5.74) is 18.0. The zero-order valence-corrected chi connectivity index (χ0v) is 36.2. The molecule has 9 aromatic rings. The van der Waals surface area contributed by atoms with Crippen LogP contribution in [-0.2, 0) is 10.8 Å². The van der Waals surface area contributed by atoms with E-state index in [2.05, 4.69) is 233 Å². The Hall–Kier alpha value is -6.91. The van der Waals surface area contributed by atoms with Crippen molar-refractivity contribution in [2.24, 2.45) is 0 Å². The molecular weight excluding hydrogens is 741 g/mol. The van der Waals surface area contributed by atoms with E-state index in [4.69, 9.17) is 4.98 Å². The molecule has 3 heterocycles. The van der Waals surface area contributed by atoms with Crippen LogP contribution in [0.15, 0.2) is 176 Å². The summed E-state index contributed by atoms with van der Waals surface area (Å²) in [4.78, 5) is 9.97. The van der Waals surface area contributed by atoms with Gasteiger partial charge in [0.25, 0.3) is 0 Å². The molecule has 61 heavy (non-hydrogen) atoms. The molecule has 0 unspecified atom stereocenters. The molecule has 1 aliphatic rings. The van der Waals surface area contributed by atoms with Crippen molar-refractivity contribution >= 4 is 44.6 Å². The van der Waals surface area contributed by atoms with Gasteiger partial charge in [0.1, 0.15) is 12.5 Å². The van der Waals surface area contributed by atoms with Crippen LogP contribution < -0.4 is 9.80 Å². The fourth-order valence-electron chi connectivity index (χ4n) is 9.90. The molecule has 0 atom stereocenters. The minimum atomic E-state index is -0.365. The molecule has 4 nitrogen and oxygen atoms in total. The molecule has 1 aliphatic heterocycles. The molecule has 0 fully saturated rings. The van der Waals surface area contributed by atoms with Gasteiger partial charge in [0.15, 0.2) is 0 Å². The van der Waals surface area contributed by atoms with Crippen molar-refractivity contribution in [1.29, 1.82) is 0 Å². The van der Waals surface area contributed by atoms with Crippen LogP contribution in [0.1, 0.15) is 66.6 Å². The first kappa shape index (κ1) is 38.3. The van der Waals surface area contributed by atoms with Crippen LogP contribution in [0.2, 0.25) is 0 Å². The zero-order chi connectivity index (χ0) is 42.0. The second-order valence-electron chi connectivity index (χ2n) is 18.0. The summed E-state index contributed by atoms with van der Waals surface area (Å²) in [6.07, 6.45) is 1.97. The molecule has 0 saturated heterocycles. The van der Waals surface area contributed by atoms with E-state index in [1.807, 2.05) is 6.20 Å². The quantitative estimate of drug-likeness (QED) is 0.153. The Morgan fingerprint density at radius 2 is 1.05 bits per heavy atom. The van der Waals surface area contributed by atoms with Gasteiger partial charge in [-0.1, -0.05) is 142 Å². The van der Waals surface area contributed by atoms with Gasteiger partial charge in [-0.05, 0) is 126 Å². The normalized spacial score (nSPS) is 13.0. The van der Waals surface area contributed by atoms with Crippen molar-refractivity contribution < 1.29 is 0 Å². The third-order valence-electron chi connectivity index (χ3n) is 13.3. The van der Waals surface area contributed by atoms with Gasteiger partial charge in [0.05, 0.1) is 22.4 Å². The lowest BCUT2D eigenvalue weighted by molar-refractivity contribution is 0.638. The van der Waals surface area contributed by atoms with Crippen molar-refractivity contribution in [3.05, 3.63) is 215 Å². The van der Waals surface area contributed by atoms with Crippen LogP contribution in [0.4, 0.5) is 22.7 Å². The number of fused-ring (bicyclic) bond motifs is 4. The number of para-hydroxylation sites is 4. The Kier molecular flexibility index (Phi) is 9.21. The van der Waals surface area contributed by atoms with Gasteiger partial charge in [-0.25, -0.2) is 4.98 Å². The fraction of sp³-hybridized carbons (Fsp3) is 0.175. The van der Waals surface area contributed by atoms with E-state index in [1.165, 1.54) is 83.6 Å². The van der Waals surface area contributed by atoms with Crippen LogP contribution in [0.5, 0.6) is 0 Å². The van der Waals surface area contributed by atoms with Crippen LogP contribution in [0.25, 0.3) is 38.8 Å². The Bertz CT molecular complexity index is 3080. The zero-order valence-electron chi connectivity index (χ0n) is 36.2. The molecular formula is C57H52N4. The van der Waals surface area contributed by atoms with Gasteiger partial charge in [-0.15, -0.1) is 0 Å². The maximum Gasteiger partial charge on any atom is 0.137 e. The predicted octanol–water partition coefficient (Wildman–Crippen LogP) is 14.7. The summed E-state index contributed by atoms with van der Waals surface area (Å²) in [7, 11) is 0. The highest BCUT2D eigenvalue weighted by Crippen LogP contribution is 2.47. The highest BCUT2D eigenvalue weighted by Gasteiger charge is 2.32. The van der Waals surface area contributed by atoms with Crippen molar-refractivity contribution in [3.63, 3.8) is 0 Å². The molecule has 0 saturated carbocycles. The van der Waals surface area contributed by atoms with E-state index in [-0.39, 0.29) is 10.8 Å². The van der Waals surface area contributed by atoms with Crippen molar-refractivity contribution in [2.75, 3.05) is 16.5 Å². The number of hydrogen-bond acceptors (Lipinski definition) is 3. The lowest BCUT2D eigenvalue weighted by atomic mass is 9.76. The largest absolute Gasteiger partial charge is 0.321 e. The van der Waals surface area contributed by atoms with Gasteiger partial charge in [0, 0.05) is 39.2 Å². The predicted molar refractivity (Wildman–Crippen MR) is 257 cm³/mol. The number of rotatable bonds is 8. The molecule has 300 valence electrons. The SMILES string of the molecule is Cc1cc(C)c(-c2cc(N3CN(c4ccccc4)c4ccccc43)cc(C(C)(C)c3ccc4c5ccccc5n(-c5cc(C(C)(C)c6ccccc6)ccn5)c4c3)c2)c(C)c1. The monoisotopic (exact) mass is 792 g/mol. The standard InChI is InChI=1S/C57H52N4/c1-38-30-39(2)55(40(3)31-38)41-32-45(34-47(33-41)60-37-59(46-20-12-9-13-21-46)51-24-16-17-25-52(51)60)57(6,7)43-26-27-49-48-22-14-15-23-50(48)61(53(49)35-43)54-36-44(28-29-58-54)56(4,5)42-18-10-8-11-19-42/h8-36H,37H2,1-7H3. The molecule has 10 rings (SSSR count). The van der Waals surface area contributed by atoms with E-state index in [1.54, 1.807) is 0 Å². The molecule has 0 spiro atoms. The number of hydrogen-bond donors (Lipinski definition) is 0. The number of benzene rings is 7.